The Balaban J connectivity index is 2.06. The first kappa shape index (κ1) is 15.1. The summed E-state index contributed by atoms with van der Waals surface area (Å²) in [5, 5.41) is 12.2. The van der Waals surface area contributed by atoms with Gasteiger partial charge in [0.2, 0.25) is 0 Å². The summed E-state index contributed by atoms with van der Waals surface area (Å²) < 4.78 is 0. The van der Waals surface area contributed by atoms with Crippen LogP contribution in [0, 0.1) is 0 Å². The Hall–Kier alpha value is -1.26. The van der Waals surface area contributed by atoms with Gasteiger partial charge in [0.25, 0.3) is 0 Å². The minimum atomic E-state index is -0.827. The normalized spacial score (nSPS) is 29.2. The molecule has 0 aromatic carbocycles. The third kappa shape index (κ3) is 3.25. The van der Waals surface area contributed by atoms with Crippen LogP contribution in [0.5, 0.6) is 0 Å². The van der Waals surface area contributed by atoms with Gasteiger partial charge in [-0.3, -0.25) is 4.79 Å². The first-order chi connectivity index (χ1) is 9.43. The largest absolute Gasteiger partial charge is 0.481 e. The monoisotopic (exact) mass is 282 g/mol. The number of carbonyl (C=O) groups excluding carboxylic acids is 1. The Morgan fingerprint density at radius 1 is 1.15 bits per heavy atom. The number of hydrogen-bond acceptors (Lipinski definition) is 2. The lowest BCUT2D eigenvalue weighted by Gasteiger charge is -2.41. The maximum Gasteiger partial charge on any atom is 0.318 e. The lowest BCUT2D eigenvalue weighted by molar-refractivity contribution is -0.138. The van der Waals surface area contributed by atoms with Crippen LogP contribution in [0.4, 0.5) is 4.79 Å². The number of rotatable bonds is 3. The molecule has 2 amide bonds. The average Bonchev–Trinajstić information content (AvgIpc) is 2.75. The number of nitrogens with one attached hydrogen (secondary N) is 1. The number of nitrogens with zero attached hydrogens (tertiary/aromatic N) is 1. The van der Waals surface area contributed by atoms with Crippen LogP contribution in [0.15, 0.2) is 0 Å². The Bertz CT molecular complexity index is 367. The van der Waals surface area contributed by atoms with E-state index in [1.165, 1.54) is 0 Å². The van der Waals surface area contributed by atoms with Crippen LogP contribution in [0.3, 0.4) is 0 Å². The van der Waals surface area contributed by atoms with Crippen molar-refractivity contribution in [2.75, 3.05) is 0 Å². The summed E-state index contributed by atoms with van der Waals surface area (Å²) in [4.78, 5) is 25.6. The highest BCUT2D eigenvalue weighted by Crippen LogP contribution is 2.33. The van der Waals surface area contributed by atoms with Crippen molar-refractivity contribution in [1.82, 2.24) is 10.2 Å². The van der Waals surface area contributed by atoms with Crippen LogP contribution in [-0.4, -0.2) is 39.6 Å². The lowest BCUT2D eigenvalue weighted by atomic mass is 9.93. The van der Waals surface area contributed by atoms with E-state index in [1.807, 2.05) is 4.90 Å². The number of carbonyl (C=O) groups is 2. The zero-order valence-electron chi connectivity index (χ0n) is 12.5. The van der Waals surface area contributed by atoms with Gasteiger partial charge < -0.3 is 15.3 Å². The van der Waals surface area contributed by atoms with Gasteiger partial charge in [0.05, 0.1) is 12.0 Å². The molecule has 1 aliphatic heterocycles. The van der Waals surface area contributed by atoms with Crippen molar-refractivity contribution in [2.45, 2.75) is 82.8 Å². The molecule has 2 atom stereocenters. The van der Waals surface area contributed by atoms with Gasteiger partial charge in [-0.05, 0) is 46.0 Å². The summed E-state index contributed by atoms with van der Waals surface area (Å²) >= 11 is 0. The summed E-state index contributed by atoms with van der Waals surface area (Å²) in [7, 11) is 0. The van der Waals surface area contributed by atoms with Crippen molar-refractivity contribution in [3.8, 4) is 0 Å². The molecule has 0 spiro atoms. The number of carboxylic acids is 1. The SMILES string of the molecule is CC1CCCC(C)N1C(=O)NC1(CC(=O)O)CCCC1. The Morgan fingerprint density at radius 2 is 1.70 bits per heavy atom. The molecule has 114 valence electrons. The predicted octanol–water partition coefficient (Wildman–Crippen LogP) is 2.75. The predicted molar refractivity (Wildman–Crippen MR) is 76.6 cm³/mol. The van der Waals surface area contributed by atoms with Gasteiger partial charge >= 0.3 is 12.0 Å². The van der Waals surface area contributed by atoms with Crippen molar-refractivity contribution >= 4 is 12.0 Å². The van der Waals surface area contributed by atoms with Crippen molar-refractivity contribution in [1.29, 1.82) is 0 Å². The van der Waals surface area contributed by atoms with E-state index in [2.05, 4.69) is 19.2 Å². The van der Waals surface area contributed by atoms with Crippen LogP contribution in [0.2, 0.25) is 0 Å². The highest BCUT2D eigenvalue weighted by atomic mass is 16.4. The van der Waals surface area contributed by atoms with Gasteiger partial charge in [0.15, 0.2) is 0 Å². The molecule has 5 heteroatoms. The third-order valence-corrected chi connectivity index (χ3v) is 4.85. The molecule has 2 unspecified atom stereocenters. The minimum Gasteiger partial charge on any atom is -0.481 e. The summed E-state index contributed by atoms with van der Waals surface area (Å²) in [6, 6.07) is 0.400. The lowest BCUT2D eigenvalue weighted by Crippen LogP contribution is -2.58. The molecular formula is C15H26N2O3. The standard InChI is InChI=1S/C15H26N2O3/c1-11-6-5-7-12(2)17(11)14(20)16-15(10-13(18)19)8-3-4-9-15/h11-12H,3-10H2,1-2H3,(H,16,20)(H,18,19). The van der Waals surface area contributed by atoms with Gasteiger partial charge in [-0.1, -0.05) is 12.8 Å². The first-order valence-electron chi connectivity index (χ1n) is 7.76. The van der Waals surface area contributed by atoms with Gasteiger partial charge in [-0.25, -0.2) is 4.79 Å². The number of piperidine rings is 1. The molecule has 1 saturated carbocycles. The van der Waals surface area contributed by atoms with E-state index < -0.39 is 11.5 Å². The minimum absolute atomic E-state index is 0.0370. The van der Waals surface area contributed by atoms with E-state index in [9.17, 15) is 9.59 Å². The fourth-order valence-corrected chi connectivity index (χ4v) is 3.80. The zero-order chi connectivity index (χ0) is 14.8. The summed E-state index contributed by atoms with van der Waals surface area (Å²) in [5.74, 6) is -0.827. The first-order valence-corrected chi connectivity index (χ1v) is 7.76. The van der Waals surface area contributed by atoms with Gasteiger partial charge in [-0.2, -0.15) is 0 Å². The number of aliphatic carboxylic acids is 1. The van der Waals surface area contributed by atoms with Gasteiger partial charge in [0.1, 0.15) is 0 Å². The van der Waals surface area contributed by atoms with E-state index in [-0.39, 0.29) is 24.5 Å². The van der Waals surface area contributed by atoms with Crippen LogP contribution in [0.1, 0.15) is 65.2 Å². The fourth-order valence-electron chi connectivity index (χ4n) is 3.80. The maximum absolute atomic E-state index is 12.6. The number of carboxylic acid groups (broad SMARTS) is 1. The zero-order valence-corrected chi connectivity index (χ0v) is 12.5. The van der Waals surface area contributed by atoms with E-state index in [0.717, 1.165) is 44.9 Å². The molecule has 0 bridgehead atoms. The molecule has 20 heavy (non-hydrogen) atoms. The van der Waals surface area contributed by atoms with E-state index in [4.69, 9.17) is 5.11 Å². The second-order valence-corrected chi connectivity index (χ2v) is 6.52. The van der Waals surface area contributed by atoms with Crippen LogP contribution in [-0.2, 0) is 4.79 Å². The molecule has 2 aliphatic rings. The van der Waals surface area contributed by atoms with Gasteiger partial charge in [0, 0.05) is 12.1 Å². The van der Waals surface area contributed by atoms with Crippen molar-refractivity contribution in [3.05, 3.63) is 0 Å². The topological polar surface area (TPSA) is 69.6 Å². The molecule has 2 rings (SSSR count). The van der Waals surface area contributed by atoms with E-state index in [1.54, 1.807) is 0 Å². The molecule has 1 saturated heterocycles. The highest BCUT2D eigenvalue weighted by molar-refractivity contribution is 5.77. The van der Waals surface area contributed by atoms with E-state index >= 15 is 0 Å². The second-order valence-electron chi connectivity index (χ2n) is 6.52. The van der Waals surface area contributed by atoms with Crippen molar-refractivity contribution < 1.29 is 14.7 Å². The molecule has 1 heterocycles. The Morgan fingerprint density at radius 3 is 2.20 bits per heavy atom. The highest BCUT2D eigenvalue weighted by Gasteiger charge is 2.40. The van der Waals surface area contributed by atoms with Gasteiger partial charge in [-0.15, -0.1) is 0 Å². The third-order valence-electron chi connectivity index (χ3n) is 4.85. The summed E-state index contributed by atoms with van der Waals surface area (Å²) in [6.45, 7) is 4.15. The average molecular weight is 282 g/mol. The number of amides is 2. The van der Waals surface area contributed by atoms with Crippen LogP contribution in [0.25, 0.3) is 0 Å². The van der Waals surface area contributed by atoms with Crippen molar-refractivity contribution in [2.24, 2.45) is 0 Å². The smallest absolute Gasteiger partial charge is 0.318 e. The van der Waals surface area contributed by atoms with Crippen molar-refractivity contribution in [3.63, 3.8) is 0 Å². The molecule has 2 N–H and O–H groups in total. The quantitative estimate of drug-likeness (QED) is 0.836. The maximum atomic E-state index is 12.6. The molecular weight excluding hydrogens is 256 g/mol. The molecule has 2 fully saturated rings. The molecule has 1 aliphatic carbocycles. The number of hydrogen-bond donors (Lipinski definition) is 2. The van der Waals surface area contributed by atoms with Crippen LogP contribution < -0.4 is 5.32 Å². The second kappa shape index (κ2) is 6.02. The number of likely N-dealkylation sites (tertiary alicyclic amines) is 1. The molecule has 5 nitrogen and oxygen atoms in total. The summed E-state index contributed by atoms with van der Waals surface area (Å²) in [6.07, 6.45) is 6.82. The molecule has 0 aromatic rings. The molecule has 0 aromatic heterocycles. The molecule has 0 radical (unpaired) electrons. The van der Waals surface area contributed by atoms with E-state index in [0.29, 0.717) is 0 Å². The fraction of sp³-hybridized carbons (Fsp3) is 0.867. The Kier molecular flexibility index (Phi) is 4.55. The Labute approximate surface area is 120 Å². The van der Waals surface area contributed by atoms with Crippen LogP contribution >= 0.6 is 0 Å². The number of urea groups is 1. The summed E-state index contributed by atoms with van der Waals surface area (Å²) in [5.41, 5.74) is -0.528.